The number of allylic oxidation sites excluding steroid dienone is 2. The summed E-state index contributed by atoms with van der Waals surface area (Å²) in [6, 6.07) is 0. The second kappa shape index (κ2) is 3.88. The van der Waals surface area contributed by atoms with Crippen LogP contribution in [0, 0.1) is 17.8 Å². The zero-order valence-corrected chi connectivity index (χ0v) is 6.90. The van der Waals surface area contributed by atoms with Gasteiger partial charge in [-0.05, 0) is 30.6 Å². The highest BCUT2D eigenvalue weighted by Gasteiger charge is 2.34. The van der Waals surface area contributed by atoms with Crippen LogP contribution in [0.2, 0.25) is 0 Å². The van der Waals surface area contributed by atoms with E-state index in [0.29, 0.717) is 12.5 Å². The number of aliphatic hydroxyl groups is 2. The minimum Gasteiger partial charge on any atom is -0.400 e. The molecule has 0 aliphatic heterocycles. The van der Waals surface area contributed by atoms with Crippen LogP contribution in [0.4, 0.5) is 0 Å². The molecule has 2 rings (SSSR count). The van der Waals surface area contributed by atoms with Gasteiger partial charge in [-0.3, -0.25) is 0 Å². The molecule has 0 saturated heterocycles. The number of aliphatic hydroxyl groups excluding tert-OH is 2. The summed E-state index contributed by atoms with van der Waals surface area (Å²) in [4.78, 5) is 0. The average molecular weight is 156 g/mol. The standard InChI is InChI=1S/C8H12O.CH4O/c9-5-8-4-6-1-2-7(8)3-6;1-2/h1-2,6-9H,3-5H2;2H,1H3. The summed E-state index contributed by atoms with van der Waals surface area (Å²) in [6.45, 7) is 0.394. The number of hydrogen-bond acceptors (Lipinski definition) is 2. The van der Waals surface area contributed by atoms with Gasteiger partial charge in [0.15, 0.2) is 0 Å². The molecule has 1 fully saturated rings. The predicted octanol–water partition coefficient (Wildman–Crippen LogP) is 0.799. The van der Waals surface area contributed by atoms with Gasteiger partial charge in [0.1, 0.15) is 0 Å². The van der Waals surface area contributed by atoms with E-state index in [9.17, 15) is 0 Å². The Labute approximate surface area is 67.6 Å². The van der Waals surface area contributed by atoms with Gasteiger partial charge in [0, 0.05) is 13.7 Å². The third kappa shape index (κ3) is 1.63. The lowest BCUT2D eigenvalue weighted by molar-refractivity contribution is 0.207. The van der Waals surface area contributed by atoms with E-state index in [-0.39, 0.29) is 0 Å². The van der Waals surface area contributed by atoms with Gasteiger partial charge < -0.3 is 10.2 Å². The molecule has 3 unspecified atom stereocenters. The van der Waals surface area contributed by atoms with Gasteiger partial charge in [0.05, 0.1) is 0 Å². The highest BCUT2D eigenvalue weighted by Crippen LogP contribution is 2.42. The Hall–Kier alpha value is -0.340. The van der Waals surface area contributed by atoms with Crippen LogP contribution in [0.3, 0.4) is 0 Å². The van der Waals surface area contributed by atoms with Crippen LogP contribution in [0.15, 0.2) is 12.2 Å². The Morgan fingerprint density at radius 1 is 1.27 bits per heavy atom. The van der Waals surface area contributed by atoms with Crippen LogP contribution in [0.25, 0.3) is 0 Å². The molecule has 2 heteroatoms. The van der Waals surface area contributed by atoms with Crippen LogP contribution in [-0.2, 0) is 0 Å². The van der Waals surface area contributed by atoms with Crippen molar-refractivity contribution in [2.24, 2.45) is 17.8 Å². The molecule has 2 aliphatic rings. The minimum absolute atomic E-state index is 0.394. The van der Waals surface area contributed by atoms with E-state index in [1.54, 1.807) is 0 Å². The Morgan fingerprint density at radius 2 is 2.00 bits per heavy atom. The summed E-state index contributed by atoms with van der Waals surface area (Å²) in [7, 11) is 1.00. The lowest BCUT2D eigenvalue weighted by Crippen LogP contribution is -2.10. The molecule has 0 spiro atoms. The van der Waals surface area contributed by atoms with E-state index >= 15 is 0 Å². The normalized spacial score (nSPS) is 38.6. The lowest BCUT2D eigenvalue weighted by atomic mass is 9.95. The second-order valence-electron chi connectivity index (χ2n) is 3.22. The van der Waals surface area contributed by atoms with Crippen LogP contribution in [0.5, 0.6) is 0 Å². The molecule has 3 atom stereocenters. The molecule has 0 aromatic heterocycles. The van der Waals surface area contributed by atoms with Crippen molar-refractivity contribution >= 4 is 0 Å². The maximum atomic E-state index is 8.85. The molecule has 2 nitrogen and oxygen atoms in total. The fourth-order valence-electron chi connectivity index (χ4n) is 2.10. The minimum atomic E-state index is 0.394. The topological polar surface area (TPSA) is 40.5 Å². The zero-order valence-electron chi connectivity index (χ0n) is 6.90. The molecular formula is C9H16O2. The lowest BCUT2D eigenvalue weighted by Gasteiger charge is -2.13. The quantitative estimate of drug-likeness (QED) is 0.551. The first-order chi connectivity index (χ1) is 5.40. The van der Waals surface area contributed by atoms with Gasteiger partial charge in [0.25, 0.3) is 0 Å². The van der Waals surface area contributed by atoms with Gasteiger partial charge in [-0.1, -0.05) is 12.2 Å². The number of hydrogen-bond donors (Lipinski definition) is 2. The van der Waals surface area contributed by atoms with Gasteiger partial charge >= 0.3 is 0 Å². The van der Waals surface area contributed by atoms with E-state index in [0.717, 1.165) is 18.9 Å². The van der Waals surface area contributed by atoms with Crippen LogP contribution in [0.1, 0.15) is 12.8 Å². The summed E-state index contributed by atoms with van der Waals surface area (Å²) in [5, 5.41) is 15.9. The molecule has 0 radical (unpaired) electrons. The van der Waals surface area contributed by atoms with Crippen molar-refractivity contribution in [3.63, 3.8) is 0 Å². The maximum absolute atomic E-state index is 8.85. The largest absolute Gasteiger partial charge is 0.400 e. The first-order valence-electron chi connectivity index (χ1n) is 4.14. The molecule has 0 heterocycles. The molecular weight excluding hydrogens is 140 g/mol. The third-order valence-electron chi connectivity index (χ3n) is 2.65. The summed E-state index contributed by atoms with van der Waals surface area (Å²) in [6.07, 6.45) is 7.12. The van der Waals surface area contributed by atoms with Crippen molar-refractivity contribution in [3.8, 4) is 0 Å². The summed E-state index contributed by atoms with van der Waals surface area (Å²) in [5.41, 5.74) is 0. The van der Waals surface area contributed by atoms with Gasteiger partial charge in [-0.25, -0.2) is 0 Å². The van der Waals surface area contributed by atoms with E-state index in [2.05, 4.69) is 12.2 Å². The first-order valence-corrected chi connectivity index (χ1v) is 4.14. The summed E-state index contributed by atoms with van der Waals surface area (Å²) >= 11 is 0. The summed E-state index contributed by atoms with van der Waals surface area (Å²) in [5.74, 6) is 2.13. The first kappa shape index (κ1) is 8.75. The molecule has 2 aliphatic carbocycles. The maximum Gasteiger partial charge on any atom is 0.0465 e. The van der Waals surface area contributed by atoms with Gasteiger partial charge in [0.2, 0.25) is 0 Å². The van der Waals surface area contributed by atoms with Crippen LogP contribution >= 0.6 is 0 Å². The third-order valence-corrected chi connectivity index (χ3v) is 2.65. The van der Waals surface area contributed by atoms with Crippen LogP contribution in [-0.4, -0.2) is 23.9 Å². The average Bonchev–Trinajstić information content (AvgIpc) is 2.67. The Bertz CT molecular complexity index is 142. The van der Waals surface area contributed by atoms with Crippen molar-refractivity contribution in [1.82, 2.24) is 0 Å². The second-order valence-corrected chi connectivity index (χ2v) is 3.22. The zero-order chi connectivity index (χ0) is 8.27. The monoisotopic (exact) mass is 156 g/mol. The molecule has 2 N–H and O–H groups in total. The van der Waals surface area contributed by atoms with E-state index in [1.165, 1.54) is 12.8 Å². The highest BCUT2D eigenvalue weighted by atomic mass is 16.3. The van der Waals surface area contributed by atoms with E-state index in [4.69, 9.17) is 10.2 Å². The molecule has 0 aromatic carbocycles. The van der Waals surface area contributed by atoms with Crippen molar-refractivity contribution in [3.05, 3.63) is 12.2 Å². The molecule has 0 aromatic rings. The predicted molar refractivity (Wildman–Crippen MR) is 44.1 cm³/mol. The van der Waals surface area contributed by atoms with Gasteiger partial charge in [-0.15, -0.1) is 0 Å². The van der Waals surface area contributed by atoms with E-state index < -0.39 is 0 Å². The SMILES string of the molecule is CO.OCC1CC2C=CC1C2. The fourth-order valence-corrected chi connectivity index (χ4v) is 2.10. The van der Waals surface area contributed by atoms with Crippen LogP contribution < -0.4 is 0 Å². The molecule has 0 amide bonds. The Kier molecular flexibility index (Phi) is 3.09. The molecule has 11 heavy (non-hydrogen) atoms. The Morgan fingerprint density at radius 3 is 2.27 bits per heavy atom. The smallest absolute Gasteiger partial charge is 0.0465 e. The van der Waals surface area contributed by atoms with Crippen molar-refractivity contribution in [2.75, 3.05) is 13.7 Å². The van der Waals surface area contributed by atoms with E-state index in [1.807, 2.05) is 0 Å². The fraction of sp³-hybridized carbons (Fsp3) is 0.778. The van der Waals surface area contributed by atoms with Crippen molar-refractivity contribution < 1.29 is 10.2 Å². The summed E-state index contributed by atoms with van der Waals surface area (Å²) < 4.78 is 0. The van der Waals surface area contributed by atoms with Crippen molar-refractivity contribution in [2.45, 2.75) is 12.8 Å². The Balaban J connectivity index is 0.000000281. The van der Waals surface area contributed by atoms with Crippen molar-refractivity contribution in [1.29, 1.82) is 0 Å². The van der Waals surface area contributed by atoms with Gasteiger partial charge in [-0.2, -0.15) is 0 Å². The number of rotatable bonds is 1. The number of fused-ring (bicyclic) bond motifs is 2. The molecule has 64 valence electrons. The molecule has 1 saturated carbocycles. The molecule has 2 bridgehead atoms. The highest BCUT2D eigenvalue weighted by molar-refractivity contribution is 5.09.